The van der Waals surface area contributed by atoms with Gasteiger partial charge in [0.25, 0.3) is 0 Å². The normalized spacial score (nSPS) is 16.3. The molecule has 0 radical (unpaired) electrons. The predicted octanol–water partition coefficient (Wildman–Crippen LogP) is 6.79. The van der Waals surface area contributed by atoms with E-state index in [0.29, 0.717) is 23.3 Å². The van der Waals surface area contributed by atoms with Crippen LogP contribution in [-0.2, 0) is 6.54 Å². The molecule has 0 aliphatic carbocycles. The van der Waals surface area contributed by atoms with Gasteiger partial charge in [0.2, 0.25) is 0 Å². The van der Waals surface area contributed by atoms with Crippen molar-refractivity contribution in [3.05, 3.63) is 63.6 Å². The van der Waals surface area contributed by atoms with Crippen LogP contribution in [0.1, 0.15) is 45.1 Å². The van der Waals surface area contributed by atoms with Crippen LogP contribution in [0.4, 0.5) is 10.5 Å². The molecule has 0 bridgehead atoms. The first kappa shape index (κ1) is 23.1. The summed E-state index contributed by atoms with van der Waals surface area (Å²) >= 11 is 9.77. The predicted molar refractivity (Wildman–Crippen MR) is 129 cm³/mol. The fourth-order valence-electron chi connectivity index (χ4n) is 4.17. The molecule has 1 aliphatic rings. The molecule has 30 heavy (non-hydrogen) atoms. The Labute approximate surface area is 193 Å². The molecule has 4 nitrogen and oxygen atoms in total. The number of nitrogens with zero attached hydrogens (tertiary/aromatic N) is 2. The number of piperidine rings is 1. The molecule has 2 aromatic carbocycles. The van der Waals surface area contributed by atoms with Gasteiger partial charge in [0.15, 0.2) is 0 Å². The maximum Gasteiger partial charge on any atom is 0.322 e. The summed E-state index contributed by atoms with van der Waals surface area (Å²) in [6.07, 6.45) is 4.40. The Hall–Kier alpha value is -1.56. The molecule has 2 amide bonds. The Morgan fingerprint density at radius 1 is 1.23 bits per heavy atom. The van der Waals surface area contributed by atoms with E-state index in [0.717, 1.165) is 36.0 Å². The summed E-state index contributed by atoms with van der Waals surface area (Å²) in [5.41, 5.74) is 1.76. The average molecular weight is 493 g/mol. The van der Waals surface area contributed by atoms with Gasteiger partial charge in [0.1, 0.15) is 0 Å². The number of amides is 2. The molecule has 1 atom stereocenters. The van der Waals surface area contributed by atoms with Crippen LogP contribution in [0.2, 0.25) is 5.02 Å². The minimum Gasteiger partial charge on any atom is -0.317 e. The van der Waals surface area contributed by atoms with Crippen LogP contribution in [0.3, 0.4) is 0 Å². The summed E-state index contributed by atoms with van der Waals surface area (Å²) in [4.78, 5) is 17.9. The quantitative estimate of drug-likeness (QED) is 0.462. The van der Waals surface area contributed by atoms with Crippen molar-refractivity contribution in [2.75, 3.05) is 18.4 Å². The van der Waals surface area contributed by atoms with Crippen molar-refractivity contribution >= 4 is 39.2 Å². The molecule has 1 fully saturated rings. The highest BCUT2D eigenvalue weighted by Gasteiger charge is 2.29. The van der Waals surface area contributed by atoms with E-state index in [1.54, 1.807) is 6.07 Å². The minimum absolute atomic E-state index is 0.0982. The van der Waals surface area contributed by atoms with Gasteiger partial charge in [-0.25, -0.2) is 4.79 Å². The Morgan fingerprint density at radius 3 is 2.60 bits per heavy atom. The fourth-order valence-corrected chi connectivity index (χ4v) is 4.69. The lowest BCUT2D eigenvalue weighted by Gasteiger charge is -2.40. The largest absolute Gasteiger partial charge is 0.322 e. The Bertz CT molecular complexity index is 824. The number of hydrogen-bond acceptors (Lipinski definition) is 2. The summed E-state index contributed by atoms with van der Waals surface area (Å²) in [6.45, 7) is 7.20. The number of anilines is 1. The molecule has 2 aromatic rings. The molecule has 0 saturated carbocycles. The second-order valence-corrected chi connectivity index (χ2v) is 9.40. The van der Waals surface area contributed by atoms with Crippen molar-refractivity contribution in [1.82, 2.24) is 9.80 Å². The van der Waals surface area contributed by atoms with Crippen LogP contribution in [-0.4, -0.2) is 41.0 Å². The number of carbonyl (C=O) groups excluding carboxylic acids is 1. The van der Waals surface area contributed by atoms with E-state index >= 15 is 0 Å². The van der Waals surface area contributed by atoms with Gasteiger partial charge >= 0.3 is 6.03 Å². The van der Waals surface area contributed by atoms with Crippen molar-refractivity contribution in [2.24, 2.45) is 0 Å². The number of urea groups is 1. The highest BCUT2D eigenvalue weighted by Crippen LogP contribution is 2.28. The lowest BCUT2D eigenvalue weighted by Crippen LogP contribution is -2.50. The number of halogens is 2. The van der Waals surface area contributed by atoms with Crippen LogP contribution >= 0.6 is 27.5 Å². The minimum atomic E-state index is -0.0982. The average Bonchev–Trinajstić information content (AvgIpc) is 2.75. The van der Waals surface area contributed by atoms with Crippen molar-refractivity contribution in [2.45, 2.75) is 58.2 Å². The molecule has 162 valence electrons. The third kappa shape index (κ3) is 6.22. The van der Waals surface area contributed by atoms with E-state index in [4.69, 9.17) is 11.6 Å². The topological polar surface area (TPSA) is 35.6 Å². The second kappa shape index (κ2) is 11.2. The third-order valence-corrected chi connectivity index (χ3v) is 6.72. The Morgan fingerprint density at radius 2 is 1.93 bits per heavy atom. The van der Waals surface area contributed by atoms with E-state index in [9.17, 15) is 4.79 Å². The van der Waals surface area contributed by atoms with Gasteiger partial charge in [-0.05, 0) is 49.9 Å². The van der Waals surface area contributed by atoms with E-state index < -0.39 is 0 Å². The Kier molecular flexibility index (Phi) is 8.61. The summed E-state index contributed by atoms with van der Waals surface area (Å²) in [5.74, 6) is 0. The SMILES string of the molecule is CCCC(C)N1CCC(N(Cc2ccccc2)C(=O)Nc2cc(Br)ccc2Cl)CC1. The first-order valence-corrected chi connectivity index (χ1v) is 12.0. The zero-order chi connectivity index (χ0) is 21.5. The van der Waals surface area contributed by atoms with E-state index in [1.807, 2.05) is 35.2 Å². The standard InChI is InChI=1S/C24H31BrClN3O/c1-3-7-18(2)28-14-12-21(13-15-28)29(17-19-8-5-4-6-9-19)24(30)27-23-16-20(25)10-11-22(23)26/h4-6,8-11,16,18,21H,3,7,12-15,17H2,1-2H3,(H,27,30). The highest BCUT2D eigenvalue weighted by atomic mass is 79.9. The summed E-state index contributed by atoms with van der Waals surface area (Å²) < 4.78 is 0.884. The van der Waals surface area contributed by atoms with Gasteiger partial charge in [0, 0.05) is 36.2 Å². The van der Waals surface area contributed by atoms with Gasteiger partial charge in [-0.1, -0.05) is 71.2 Å². The molecule has 1 heterocycles. The molecule has 6 heteroatoms. The monoisotopic (exact) mass is 491 g/mol. The second-order valence-electron chi connectivity index (χ2n) is 8.07. The molecule has 1 unspecified atom stereocenters. The first-order valence-electron chi connectivity index (χ1n) is 10.8. The van der Waals surface area contributed by atoms with Crippen LogP contribution < -0.4 is 5.32 Å². The molecule has 1 N–H and O–H groups in total. The zero-order valence-electron chi connectivity index (χ0n) is 17.8. The van der Waals surface area contributed by atoms with E-state index in [-0.39, 0.29) is 12.1 Å². The number of rotatable bonds is 7. The lowest BCUT2D eigenvalue weighted by molar-refractivity contribution is 0.0989. The van der Waals surface area contributed by atoms with Gasteiger partial charge in [-0.15, -0.1) is 0 Å². The fraction of sp³-hybridized carbons (Fsp3) is 0.458. The number of nitrogens with one attached hydrogen (secondary N) is 1. The molecule has 0 spiro atoms. The third-order valence-electron chi connectivity index (χ3n) is 5.90. The maximum absolute atomic E-state index is 13.3. The van der Waals surface area contributed by atoms with Crippen molar-refractivity contribution in [1.29, 1.82) is 0 Å². The van der Waals surface area contributed by atoms with Crippen molar-refractivity contribution in [3.8, 4) is 0 Å². The maximum atomic E-state index is 13.3. The van der Waals surface area contributed by atoms with E-state index in [2.05, 4.69) is 52.1 Å². The first-order chi connectivity index (χ1) is 14.5. The van der Waals surface area contributed by atoms with Gasteiger partial charge in [-0.2, -0.15) is 0 Å². The van der Waals surface area contributed by atoms with Crippen LogP contribution in [0.5, 0.6) is 0 Å². The van der Waals surface area contributed by atoms with E-state index in [1.165, 1.54) is 12.8 Å². The zero-order valence-corrected chi connectivity index (χ0v) is 20.1. The lowest BCUT2D eigenvalue weighted by atomic mass is 10.00. The Balaban J connectivity index is 1.74. The van der Waals surface area contributed by atoms with Crippen LogP contribution in [0.25, 0.3) is 0 Å². The molecule has 3 rings (SSSR count). The van der Waals surface area contributed by atoms with Crippen molar-refractivity contribution in [3.63, 3.8) is 0 Å². The number of likely N-dealkylation sites (tertiary alicyclic amines) is 1. The van der Waals surface area contributed by atoms with Crippen LogP contribution in [0.15, 0.2) is 53.0 Å². The molecular formula is C24H31BrClN3O. The highest BCUT2D eigenvalue weighted by molar-refractivity contribution is 9.10. The van der Waals surface area contributed by atoms with Gasteiger partial charge in [-0.3, -0.25) is 0 Å². The van der Waals surface area contributed by atoms with Gasteiger partial charge in [0.05, 0.1) is 10.7 Å². The van der Waals surface area contributed by atoms with Crippen molar-refractivity contribution < 1.29 is 4.79 Å². The molecule has 1 aliphatic heterocycles. The smallest absolute Gasteiger partial charge is 0.317 e. The number of benzene rings is 2. The number of carbonyl (C=O) groups is 1. The summed E-state index contributed by atoms with van der Waals surface area (Å²) in [7, 11) is 0. The molecule has 0 aromatic heterocycles. The summed E-state index contributed by atoms with van der Waals surface area (Å²) in [5, 5.41) is 3.57. The van der Waals surface area contributed by atoms with Crippen LogP contribution in [0, 0.1) is 0 Å². The summed E-state index contributed by atoms with van der Waals surface area (Å²) in [6, 6.07) is 16.4. The molecule has 1 saturated heterocycles. The molecular weight excluding hydrogens is 462 g/mol. The number of hydrogen-bond donors (Lipinski definition) is 1. The van der Waals surface area contributed by atoms with Gasteiger partial charge < -0.3 is 15.1 Å².